The van der Waals surface area contributed by atoms with E-state index in [1.54, 1.807) is 0 Å². The Morgan fingerprint density at radius 3 is 2.73 bits per heavy atom. The third kappa shape index (κ3) is 2.55. The Bertz CT molecular complexity index is 1140. The first-order valence-corrected chi connectivity index (χ1v) is 9.26. The van der Waals surface area contributed by atoms with Crippen LogP contribution in [0.4, 0.5) is 0 Å². The monoisotopic (exact) mass is 365 g/mol. The molecule has 4 aromatic rings. The van der Waals surface area contributed by atoms with E-state index in [-0.39, 0.29) is 5.97 Å². The highest BCUT2D eigenvalue weighted by Crippen LogP contribution is 2.39. The van der Waals surface area contributed by atoms with Gasteiger partial charge in [0.1, 0.15) is 0 Å². The van der Waals surface area contributed by atoms with Gasteiger partial charge in [0.25, 0.3) is 0 Å². The third-order valence-corrected chi connectivity index (χ3v) is 5.22. The van der Waals surface area contributed by atoms with Crippen LogP contribution in [0, 0.1) is 0 Å². The molecule has 4 heteroatoms. The van der Waals surface area contributed by atoms with Crippen LogP contribution in [0.25, 0.3) is 32.6 Å². The molecule has 3 aromatic carbocycles. The summed E-state index contributed by atoms with van der Waals surface area (Å²) >= 11 is 6.55. The lowest BCUT2D eigenvalue weighted by Gasteiger charge is -2.11. The summed E-state index contributed by atoms with van der Waals surface area (Å²) in [6, 6.07) is 15.8. The number of nitrogens with zero attached hydrogens (tertiary/aromatic N) is 1. The second-order valence-electron chi connectivity index (χ2n) is 6.55. The first-order valence-electron chi connectivity index (χ1n) is 8.89. The fraction of sp³-hybridized carbons (Fsp3) is 0.227. The highest BCUT2D eigenvalue weighted by molar-refractivity contribution is 6.40. The largest absolute Gasteiger partial charge is 0.462 e. The van der Waals surface area contributed by atoms with Gasteiger partial charge in [0.05, 0.1) is 17.7 Å². The Morgan fingerprint density at radius 2 is 1.92 bits per heavy atom. The van der Waals surface area contributed by atoms with Crippen LogP contribution in [-0.4, -0.2) is 17.1 Å². The molecule has 3 nitrogen and oxygen atoms in total. The van der Waals surface area contributed by atoms with Gasteiger partial charge in [0, 0.05) is 33.7 Å². The van der Waals surface area contributed by atoms with E-state index in [1.807, 2.05) is 43.4 Å². The predicted molar refractivity (Wildman–Crippen MR) is 108 cm³/mol. The van der Waals surface area contributed by atoms with Crippen molar-refractivity contribution in [2.24, 2.45) is 7.05 Å². The maximum absolute atomic E-state index is 12.8. The van der Waals surface area contributed by atoms with E-state index in [0.29, 0.717) is 17.2 Å². The summed E-state index contributed by atoms with van der Waals surface area (Å²) in [5, 5.41) is 4.71. The molecule has 0 fully saturated rings. The van der Waals surface area contributed by atoms with E-state index in [1.165, 1.54) is 0 Å². The molecular weight excluding hydrogens is 346 g/mol. The van der Waals surface area contributed by atoms with Crippen molar-refractivity contribution >= 4 is 50.1 Å². The van der Waals surface area contributed by atoms with Crippen LogP contribution in [0.1, 0.15) is 30.1 Å². The summed E-state index contributed by atoms with van der Waals surface area (Å²) in [6.07, 6.45) is 1.85. The molecule has 0 unspecified atom stereocenters. The van der Waals surface area contributed by atoms with Gasteiger partial charge in [-0.3, -0.25) is 0 Å². The minimum Gasteiger partial charge on any atom is -0.462 e. The summed E-state index contributed by atoms with van der Waals surface area (Å²) in [4.78, 5) is 12.8. The highest BCUT2D eigenvalue weighted by atomic mass is 35.5. The number of rotatable bonds is 4. The molecule has 0 aliphatic carbocycles. The summed E-state index contributed by atoms with van der Waals surface area (Å²) in [6.45, 7) is 2.52. The van der Waals surface area contributed by atoms with E-state index in [9.17, 15) is 4.79 Å². The van der Waals surface area contributed by atoms with Gasteiger partial charge in [-0.25, -0.2) is 4.79 Å². The molecule has 0 amide bonds. The van der Waals surface area contributed by atoms with E-state index < -0.39 is 0 Å². The molecular formula is C22H20ClNO2. The van der Waals surface area contributed by atoms with Crippen LogP contribution in [0.5, 0.6) is 0 Å². The van der Waals surface area contributed by atoms with Crippen LogP contribution in [0.3, 0.4) is 0 Å². The number of halogens is 1. The van der Waals surface area contributed by atoms with Crippen LogP contribution in [0.15, 0.2) is 48.5 Å². The van der Waals surface area contributed by atoms with Gasteiger partial charge in [-0.05, 0) is 30.0 Å². The average molecular weight is 366 g/mol. The van der Waals surface area contributed by atoms with Crippen LogP contribution in [-0.2, 0) is 11.8 Å². The second kappa shape index (κ2) is 6.65. The van der Waals surface area contributed by atoms with Crippen molar-refractivity contribution in [3.05, 3.63) is 59.1 Å². The molecule has 4 rings (SSSR count). The lowest BCUT2D eigenvalue weighted by Crippen LogP contribution is -2.08. The molecule has 0 aliphatic rings. The predicted octanol–water partition coefficient (Wildman–Crippen LogP) is 6.10. The van der Waals surface area contributed by atoms with Crippen molar-refractivity contribution in [3.63, 3.8) is 0 Å². The standard InChI is InChI=1S/C22H20ClNO2/c1-3-4-12-26-22(25)16-13-14-8-7-10-17(23)19(14)20-15-9-5-6-11-18(15)24(2)21(16)20/h5-11,13H,3-4,12H2,1-2H3. The van der Waals surface area contributed by atoms with E-state index in [0.717, 1.165) is 45.4 Å². The molecule has 0 aliphatic heterocycles. The first-order chi connectivity index (χ1) is 12.6. The van der Waals surface area contributed by atoms with Crippen molar-refractivity contribution in [2.45, 2.75) is 19.8 Å². The van der Waals surface area contributed by atoms with Crippen LogP contribution >= 0.6 is 11.6 Å². The first kappa shape index (κ1) is 16.9. The van der Waals surface area contributed by atoms with Crippen molar-refractivity contribution in [1.82, 2.24) is 4.57 Å². The number of para-hydroxylation sites is 1. The number of hydrogen-bond acceptors (Lipinski definition) is 2. The molecule has 0 spiro atoms. The fourth-order valence-electron chi connectivity index (χ4n) is 3.65. The van der Waals surface area contributed by atoms with E-state index >= 15 is 0 Å². The summed E-state index contributed by atoms with van der Waals surface area (Å²) in [7, 11) is 1.98. The van der Waals surface area contributed by atoms with Crippen molar-refractivity contribution in [2.75, 3.05) is 6.61 Å². The summed E-state index contributed by atoms with van der Waals surface area (Å²) in [5.41, 5.74) is 2.52. The quantitative estimate of drug-likeness (QED) is 0.323. The van der Waals surface area contributed by atoms with Crippen LogP contribution < -0.4 is 0 Å². The lowest BCUT2D eigenvalue weighted by molar-refractivity contribution is 0.0502. The van der Waals surface area contributed by atoms with Gasteiger partial charge in [-0.2, -0.15) is 0 Å². The zero-order valence-corrected chi connectivity index (χ0v) is 15.6. The molecule has 1 aromatic heterocycles. The van der Waals surface area contributed by atoms with Gasteiger partial charge in [0.15, 0.2) is 0 Å². The second-order valence-corrected chi connectivity index (χ2v) is 6.96. The number of esters is 1. The Kier molecular flexibility index (Phi) is 4.33. The molecule has 0 saturated carbocycles. The Labute approximate surface area is 157 Å². The topological polar surface area (TPSA) is 31.2 Å². The summed E-state index contributed by atoms with van der Waals surface area (Å²) < 4.78 is 7.58. The number of hydrogen-bond donors (Lipinski definition) is 0. The highest BCUT2D eigenvalue weighted by Gasteiger charge is 2.21. The fourth-order valence-corrected chi connectivity index (χ4v) is 3.93. The molecule has 1 heterocycles. The third-order valence-electron chi connectivity index (χ3n) is 4.91. The maximum atomic E-state index is 12.8. The Balaban J connectivity index is 2.10. The Hall–Kier alpha value is -2.52. The molecule has 0 saturated heterocycles. The molecule has 132 valence electrons. The number of aromatic nitrogens is 1. The molecule has 0 N–H and O–H groups in total. The zero-order valence-electron chi connectivity index (χ0n) is 14.9. The molecule has 0 radical (unpaired) electrons. The molecule has 0 bridgehead atoms. The number of carbonyl (C=O) groups is 1. The van der Waals surface area contributed by atoms with Crippen molar-refractivity contribution in [1.29, 1.82) is 0 Å². The minimum atomic E-state index is -0.281. The number of fused-ring (bicyclic) bond motifs is 5. The van der Waals surface area contributed by atoms with Gasteiger partial charge in [0.2, 0.25) is 0 Å². The molecule has 26 heavy (non-hydrogen) atoms. The normalized spacial score (nSPS) is 11.5. The van der Waals surface area contributed by atoms with E-state index in [2.05, 4.69) is 23.6 Å². The van der Waals surface area contributed by atoms with Gasteiger partial charge in [-0.15, -0.1) is 0 Å². The van der Waals surface area contributed by atoms with Gasteiger partial charge in [-0.1, -0.05) is 55.3 Å². The number of unbranched alkanes of at least 4 members (excludes halogenated alkanes) is 1. The van der Waals surface area contributed by atoms with Crippen molar-refractivity contribution < 1.29 is 9.53 Å². The average Bonchev–Trinajstić information content (AvgIpc) is 2.95. The van der Waals surface area contributed by atoms with E-state index in [4.69, 9.17) is 16.3 Å². The minimum absolute atomic E-state index is 0.281. The smallest absolute Gasteiger partial charge is 0.340 e. The summed E-state index contributed by atoms with van der Waals surface area (Å²) in [5.74, 6) is -0.281. The van der Waals surface area contributed by atoms with Gasteiger partial charge < -0.3 is 9.30 Å². The number of aryl methyl sites for hydroxylation is 1. The number of ether oxygens (including phenoxy) is 1. The molecule has 0 atom stereocenters. The lowest BCUT2D eigenvalue weighted by atomic mass is 10.00. The van der Waals surface area contributed by atoms with Crippen molar-refractivity contribution in [3.8, 4) is 0 Å². The number of benzene rings is 3. The Morgan fingerprint density at radius 1 is 1.12 bits per heavy atom. The SMILES string of the molecule is CCCCOC(=O)c1cc2cccc(Cl)c2c2c3ccccc3n(C)c12. The number of carbonyl (C=O) groups excluding carboxylic acids is 1. The maximum Gasteiger partial charge on any atom is 0.340 e. The van der Waals surface area contributed by atoms with Crippen LogP contribution in [0.2, 0.25) is 5.02 Å². The zero-order chi connectivity index (χ0) is 18.3. The van der Waals surface area contributed by atoms with Gasteiger partial charge >= 0.3 is 5.97 Å².